The number of oxazole rings is 1. The quantitative estimate of drug-likeness (QED) is 0.625. The van der Waals surface area contributed by atoms with Crippen molar-refractivity contribution in [3.63, 3.8) is 0 Å². The first-order valence-electron chi connectivity index (χ1n) is 6.89. The van der Waals surface area contributed by atoms with E-state index >= 15 is 0 Å². The Balaban J connectivity index is 1.54. The first kappa shape index (κ1) is 15.0. The molecule has 0 aliphatic rings. The average molecular weight is 333 g/mol. The summed E-state index contributed by atoms with van der Waals surface area (Å²) in [5, 5.41) is 6.02. The highest BCUT2D eigenvalue weighted by Crippen LogP contribution is 2.26. The molecule has 0 spiro atoms. The fourth-order valence-electron chi connectivity index (χ4n) is 1.97. The number of esters is 1. The van der Waals surface area contributed by atoms with E-state index in [9.17, 15) is 4.79 Å². The van der Waals surface area contributed by atoms with E-state index in [0.717, 1.165) is 4.88 Å². The molecule has 0 unspecified atom stereocenters. The lowest BCUT2D eigenvalue weighted by Gasteiger charge is -2.02. The van der Waals surface area contributed by atoms with E-state index in [1.807, 2.05) is 41.3 Å². The highest BCUT2D eigenvalue weighted by Gasteiger charge is 2.14. The number of ether oxygens (including phenoxy) is 1. The molecule has 0 radical (unpaired) electrons. The van der Waals surface area contributed by atoms with Gasteiger partial charge in [-0.1, -0.05) is 6.07 Å². The van der Waals surface area contributed by atoms with Gasteiger partial charge in [0.05, 0.1) is 4.88 Å². The van der Waals surface area contributed by atoms with Crippen molar-refractivity contribution in [2.75, 3.05) is 0 Å². The minimum absolute atomic E-state index is 0.156. The number of carbonyl (C=O) groups excluding carboxylic acids is 1. The Labute approximate surface area is 136 Å². The van der Waals surface area contributed by atoms with E-state index in [1.54, 1.807) is 22.7 Å². The van der Waals surface area contributed by atoms with Gasteiger partial charge in [-0.15, -0.1) is 11.3 Å². The number of carbonyl (C=O) groups is 1. The zero-order valence-corrected chi connectivity index (χ0v) is 13.7. The van der Waals surface area contributed by atoms with Gasteiger partial charge in [-0.2, -0.15) is 11.3 Å². The SMILES string of the molecule is Cc1oc(-c2cccs2)nc1COC(=O)CCc1ccsc1. The van der Waals surface area contributed by atoms with E-state index in [1.165, 1.54) is 5.56 Å². The second-order valence-corrected chi connectivity index (χ2v) is 6.52. The van der Waals surface area contributed by atoms with Crippen molar-refractivity contribution in [2.24, 2.45) is 0 Å². The van der Waals surface area contributed by atoms with Gasteiger partial charge in [0.2, 0.25) is 5.89 Å². The number of hydrogen-bond acceptors (Lipinski definition) is 6. The molecule has 3 rings (SSSR count). The summed E-state index contributed by atoms with van der Waals surface area (Å²) in [5.41, 5.74) is 1.84. The van der Waals surface area contributed by atoms with Crippen molar-refractivity contribution in [1.29, 1.82) is 0 Å². The fraction of sp³-hybridized carbons (Fsp3) is 0.250. The van der Waals surface area contributed by atoms with Gasteiger partial charge in [0.1, 0.15) is 18.1 Å². The molecule has 0 fully saturated rings. The molecule has 0 saturated heterocycles. The van der Waals surface area contributed by atoms with Gasteiger partial charge in [-0.05, 0) is 47.2 Å². The van der Waals surface area contributed by atoms with E-state index in [2.05, 4.69) is 4.98 Å². The molecule has 0 aliphatic carbocycles. The maximum Gasteiger partial charge on any atom is 0.306 e. The lowest BCUT2D eigenvalue weighted by Crippen LogP contribution is -2.06. The van der Waals surface area contributed by atoms with Crippen LogP contribution in [0.4, 0.5) is 0 Å². The molecule has 114 valence electrons. The molecule has 0 aliphatic heterocycles. The largest absolute Gasteiger partial charge is 0.459 e. The van der Waals surface area contributed by atoms with E-state index in [0.29, 0.717) is 30.2 Å². The molecule has 0 aromatic carbocycles. The zero-order chi connectivity index (χ0) is 15.4. The van der Waals surface area contributed by atoms with E-state index in [-0.39, 0.29) is 12.6 Å². The third kappa shape index (κ3) is 3.64. The van der Waals surface area contributed by atoms with Gasteiger partial charge in [-0.25, -0.2) is 4.98 Å². The first-order valence-corrected chi connectivity index (χ1v) is 8.71. The van der Waals surface area contributed by atoms with Crippen molar-refractivity contribution in [3.05, 3.63) is 51.4 Å². The molecule has 3 heterocycles. The van der Waals surface area contributed by atoms with Crippen LogP contribution in [0.5, 0.6) is 0 Å². The second-order valence-electron chi connectivity index (χ2n) is 4.79. The van der Waals surface area contributed by atoms with Gasteiger partial charge in [0, 0.05) is 6.42 Å². The molecule has 3 aromatic heterocycles. The summed E-state index contributed by atoms with van der Waals surface area (Å²) >= 11 is 3.20. The molecule has 0 bridgehead atoms. The Morgan fingerprint density at radius 2 is 2.27 bits per heavy atom. The van der Waals surface area contributed by atoms with Gasteiger partial charge in [0.15, 0.2) is 0 Å². The molecule has 0 saturated carbocycles. The Kier molecular flexibility index (Phi) is 4.70. The average Bonchev–Trinajstić information content (AvgIpc) is 3.24. The highest BCUT2D eigenvalue weighted by molar-refractivity contribution is 7.13. The molecular weight excluding hydrogens is 318 g/mol. The van der Waals surface area contributed by atoms with Crippen LogP contribution in [-0.2, 0) is 22.6 Å². The predicted octanol–water partition coefficient (Wildman–Crippen LogP) is 4.45. The van der Waals surface area contributed by atoms with Crippen molar-refractivity contribution >= 4 is 28.6 Å². The normalized spacial score (nSPS) is 10.8. The predicted molar refractivity (Wildman–Crippen MR) is 87.0 cm³/mol. The maximum absolute atomic E-state index is 11.8. The lowest BCUT2D eigenvalue weighted by atomic mass is 10.2. The Morgan fingerprint density at radius 1 is 1.36 bits per heavy atom. The van der Waals surface area contributed by atoms with E-state index in [4.69, 9.17) is 9.15 Å². The number of nitrogens with zero attached hydrogens (tertiary/aromatic N) is 1. The summed E-state index contributed by atoms with van der Waals surface area (Å²) in [5.74, 6) is 1.05. The zero-order valence-electron chi connectivity index (χ0n) is 12.1. The summed E-state index contributed by atoms with van der Waals surface area (Å²) in [6.45, 7) is 1.99. The van der Waals surface area contributed by atoms with Crippen LogP contribution in [0, 0.1) is 6.92 Å². The van der Waals surface area contributed by atoms with Crippen LogP contribution in [0.15, 0.2) is 38.8 Å². The molecule has 22 heavy (non-hydrogen) atoms. The van der Waals surface area contributed by atoms with Crippen LogP contribution in [0.1, 0.15) is 23.4 Å². The van der Waals surface area contributed by atoms with Crippen LogP contribution >= 0.6 is 22.7 Å². The first-order chi connectivity index (χ1) is 10.7. The lowest BCUT2D eigenvalue weighted by molar-refractivity contribution is -0.145. The Morgan fingerprint density at radius 3 is 3.00 bits per heavy atom. The van der Waals surface area contributed by atoms with Crippen molar-refractivity contribution < 1.29 is 13.9 Å². The van der Waals surface area contributed by atoms with Gasteiger partial charge < -0.3 is 9.15 Å². The van der Waals surface area contributed by atoms with Crippen molar-refractivity contribution in [2.45, 2.75) is 26.4 Å². The summed E-state index contributed by atoms with van der Waals surface area (Å²) in [7, 11) is 0. The molecule has 0 atom stereocenters. The highest BCUT2D eigenvalue weighted by atomic mass is 32.1. The smallest absolute Gasteiger partial charge is 0.306 e. The third-order valence-electron chi connectivity index (χ3n) is 3.19. The third-order valence-corrected chi connectivity index (χ3v) is 4.78. The molecule has 0 amide bonds. The molecule has 3 aromatic rings. The van der Waals surface area contributed by atoms with Crippen LogP contribution < -0.4 is 0 Å². The monoisotopic (exact) mass is 333 g/mol. The summed E-state index contributed by atoms with van der Waals surface area (Å²) in [4.78, 5) is 17.2. The van der Waals surface area contributed by atoms with Crippen LogP contribution in [0.3, 0.4) is 0 Å². The second kappa shape index (κ2) is 6.89. The minimum Gasteiger partial charge on any atom is -0.459 e. The number of hydrogen-bond donors (Lipinski definition) is 0. The fourth-order valence-corrected chi connectivity index (χ4v) is 3.32. The number of aryl methyl sites for hydroxylation is 2. The number of aromatic nitrogens is 1. The summed E-state index contributed by atoms with van der Waals surface area (Å²) in [6, 6.07) is 5.92. The topological polar surface area (TPSA) is 52.3 Å². The Hall–Kier alpha value is -1.92. The van der Waals surface area contributed by atoms with Crippen molar-refractivity contribution in [1.82, 2.24) is 4.98 Å². The maximum atomic E-state index is 11.8. The Bertz CT molecular complexity index is 730. The van der Waals surface area contributed by atoms with Crippen LogP contribution in [0.25, 0.3) is 10.8 Å². The number of thiophene rings is 2. The molecular formula is C16H15NO3S2. The van der Waals surface area contributed by atoms with Crippen LogP contribution in [0.2, 0.25) is 0 Å². The summed E-state index contributed by atoms with van der Waals surface area (Å²) < 4.78 is 10.9. The standard InChI is InChI=1S/C16H15NO3S2/c1-11-13(17-16(20-11)14-3-2-7-22-14)9-19-15(18)5-4-12-6-8-21-10-12/h2-3,6-8,10H,4-5,9H2,1H3. The molecule has 0 N–H and O–H groups in total. The molecule has 6 heteroatoms. The van der Waals surface area contributed by atoms with E-state index < -0.39 is 0 Å². The van der Waals surface area contributed by atoms with Crippen LogP contribution in [-0.4, -0.2) is 11.0 Å². The minimum atomic E-state index is -0.216. The van der Waals surface area contributed by atoms with Gasteiger partial charge >= 0.3 is 5.97 Å². The summed E-state index contributed by atoms with van der Waals surface area (Å²) in [6.07, 6.45) is 1.09. The van der Waals surface area contributed by atoms with Gasteiger partial charge in [0.25, 0.3) is 0 Å². The van der Waals surface area contributed by atoms with Crippen molar-refractivity contribution in [3.8, 4) is 10.8 Å². The number of rotatable bonds is 6. The molecule has 4 nitrogen and oxygen atoms in total. The van der Waals surface area contributed by atoms with Gasteiger partial charge in [-0.3, -0.25) is 4.79 Å².